The average molecular weight is 295 g/mol. The van der Waals surface area contributed by atoms with Crippen LogP contribution in [0.5, 0.6) is 0 Å². The molecule has 1 N–H and O–H groups in total. The predicted molar refractivity (Wildman–Crippen MR) is 48.1 cm³/mol. The van der Waals surface area contributed by atoms with Gasteiger partial charge in [-0.2, -0.15) is 0 Å². The van der Waals surface area contributed by atoms with Crippen molar-refractivity contribution in [1.29, 1.82) is 0 Å². The molecular formula is C7H6AgN3NaO2. The fourth-order valence-corrected chi connectivity index (χ4v) is 1.11. The molecule has 2 aliphatic rings. The van der Waals surface area contributed by atoms with Crippen LogP contribution in [0.25, 0.3) is 0 Å². The average Bonchev–Trinajstić information content (AvgIpc) is 2.48. The van der Waals surface area contributed by atoms with Gasteiger partial charge < -0.3 is 5.11 Å². The van der Waals surface area contributed by atoms with Crippen LogP contribution < -0.4 is 0 Å². The third-order valence-electron chi connectivity index (χ3n) is 1.77. The van der Waals surface area contributed by atoms with E-state index in [0.29, 0.717) is 5.71 Å². The fourth-order valence-electron chi connectivity index (χ4n) is 1.11. The summed E-state index contributed by atoms with van der Waals surface area (Å²) in [7, 11) is 0. The zero-order valence-electron chi connectivity index (χ0n) is 6.31. The van der Waals surface area contributed by atoms with Gasteiger partial charge >= 0.3 is 35.5 Å². The molecule has 0 aromatic carbocycles. The summed E-state index contributed by atoms with van der Waals surface area (Å²) in [6.45, 7) is 0. The first-order valence-corrected chi connectivity index (χ1v) is 3.35. The van der Waals surface area contributed by atoms with Crippen LogP contribution in [0, 0.1) is 0 Å². The third-order valence-corrected chi connectivity index (χ3v) is 1.77. The van der Waals surface area contributed by atoms with Crippen molar-refractivity contribution in [3.63, 3.8) is 0 Å². The van der Waals surface area contributed by atoms with Crippen molar-refractivity contribution < 1.29 is 32.3 Å². The van der Waals surface area contributed by atoms with E-state index in [4.69, 9.17) is 5.11 Å². The molecule has 14 heavy (non-hydrogen) atoms. The first-order chi connectivity index (χ1) is 5.76. The Labute approximate surface area is 118 Å². The molecule has 0 spiro atoms. The SMILES string of the molecule is O=C(O)C12C=CC=CC1=NN=N2.[Ag].[NaH]. The Kier molecular flexibility index (Phi) is 5.14. The number of aliphatic carboxylic acids is 1. The van der Waals surface area contributed by atoms with Crippen LogP contribution in [-0.2, 0) is 27.2 Å². The van der Waals surface area contributed by atoms with E-state index < -0.39 is 11.5 Å². The Hall–Kier alpha value is -0.0397. The zero-order valence-corrected chi connectivity index (χ0v) is 7.79. The van der Waals surface area contributed by atoms with Gasteiger partial charge in [-0.15, -0.1) is 10.2 Å². The fraction of sp³-hybridized carbons (Fsp3) is 0.143. The molecule has 0 amide bonds. The van der Waals surface area contributed by atoms with Crippen LogP contribution >= 0.6 is 0 Å². The molecule has 1 aliphatic heterocycles. The normalized spacial score (nSPS) is 25.9. The molecule has 2 rings (SSSR count). The second-order valence-corrected chi connectivity index (χ2v) is 2.46. The van der Waals surface area contributed by atoms with Gasteiger partial charge in [-0.3, -0.25) is 0 Å². The van der Waals surface area contributed by atoms with Crippen molar-refractivity contribution in [2.75, 3.05) is 0 Å². The van der Waals surface area contributed by atoms with Crippen molar-refractivity contribution in [3.8, 4) is 0 Å². The summed E-state index contributed by atoms with van der Waals surface area (Å²) < 4.78 is 0. The van der Waals surface area contributed by atoms with E-state index >= 15 is 0 Å². The van der Waals surface area contributed by atoms with Crippen LogP contribution in [0.1, 0.15) is 0 Å². The molecular weight excluding hydrogens is 289 g/mol. The van der Waals surface area contributed by atoms with E-state index in [9.17, 15) is 4.79 Å². The van der Waals surface area contributed by atoms with E-state index in [0.717, 1.165) is 0 Å². The summed E-state index contributed by atoms with van der Waals surface area (Å²) in [6.07, 6.45) is 6.38. The molecule has 7 heteroatoms. The van der Waals surface area contributed by atoms with Crippen molar-refractivity contribution in [2.45, 2.75) is 5.54 Å². The minimum atomic E-state index is -1.35. The Morgan fingerprint density at radius 3 is 2.71 bits per heavy atom. The Morgan fingerprint density at radius 2 is 2.14 bits per heavy atom. The number of carbonyl (C=O) groups is 1. The molecule has 73 valence electrons. The summed E-state index contributed by atoms with van der Waals surface area (Å²) in [4.78, 5) is 10.8. The second-order valence-electron chi connectivity index (χ2n) is 2.46. The number of carboxylic acids is 1. The van der Waals surface area contributed by atoms with Gasteiger partial charge in [-0.05, 0) is 17.4 Å². The molecule has 1 radical (unpaired) electrons. The molecule has 1 aliphatic carbocycles. The van der Waals surface area contributed by atoms with Gasteiger partial charge in [0.25, 0.3) is 0 Å². The number of rotatable bonds is 1. The van der Waals surface area contributed by atoms with Crippen molar-refractivity contribution >= 4 is 41.2 Å². The van der Waals surface area contributed by atoms with Gasteiger partial charge in [0.15, 0.2) is 0 Å². The summed E-state index contributed by atoms with van der Waals surface area (Å²) in [5.74, 6) is -1.05. The first kappa shape index (κ1) is 14.0. The number of nitrogens with zero attached hydrogens (tertiary/aromatic N) is 3. The number of hydrogen-bond acceptors (Lipinski definition) is 4. The van der Waals surface area contributed by atoms with Crippen molar-refractivity contribution in [3.05, 3.63) is 24.3 Å². The molecule has 0 saturated heterocycles. The summed E-state index contributed by atoms with van der Waals surface area (Å²) >= 11 is 0. The van der Waals surface area contributed by atoms with Gasteiger partial charge in [0.1, 0.15) is 5.71 Å². The summed E-state index contributed by atoms with van der Waals surface area (Å²) in [6, 6.07) is 0. The van der Waals surface area contributed by atoms with Crippen molar-refractivity contribution in [1.82, 2.24) is 0 Å². The molecule has 1 heterocycles. The third kappa shape index (κ3) is 1.98. The van der Waals surface area contributed by atoms with Gasteiger partial charge in [0.2, 0.25) is 5.54 Å². The molecule has 0 fully saturated rings. The zero-order chi connectivity index (χ0) is 8.60. The predicted octanol–water partition coefficient (Wildman–Crippen LogP) is 0.107. The van der Waals surface area contributed by atoms with Crippen LogP contribution in [0.3, 0.4) is 0 Å². The van der Waals surface area contributed by atoms with Crippen LogP contribution in [0.15, 0.2) is 39.7 Å². The first-order valence-electron chi connectivity index (χ1n) is 3.35. The van der Waals surface area contributed by atoms with Gasteiger partial charge in [0, 0.05) is 22.4 Å². The van der Waals surface area contributed by atoms with E-state index in [1.807, 2.05) is 0 Å². The molecule has 0 aromatic heterocycles. The quantitative estimate of drug-likeness (QED) is 0.697. The second kappa shape index (κ2) is 5.16. The van der Waals surface area contributed by atoms with E-state index in [2.05, 4.69) is 15.4 Å². The maximum atomic E-state index is 10.8. The number of allylic oxidation sites excluding steroid dienone is 2. The number of fused-ring (bicyclic) bond motifs is 1. The van der Waals surface area contributed by atoms with E-state index in [1.165, 1.54) is 6.08 Å². The Bertz CT molecular complexity index is 364. The van der Waals surface area contributed by atoms with Crippen LogP contribution in [0.2, 0.25) is 0 Å². The number of carboxylic acid groups (broad SMARTS) is 1. The topological polar surface area (TPSA) is 74.4 Å². The summed E-state index contributed by atoms with van der Waals surface area (Å²) in [5, 5.41) is 19.4. The maximum absolute atomic E-state index is 10.8. The summed E-state index contributed by atoms with van der Waals surface area (Å²) in [5.41, 5.74) is -0.994. The monoisotopic (exact) mass is 294 g/mol. The van der Waals surface area contributed by atoms with Crippen molar-refractivity contribution in [2.24, 2.45) is 15.4 Å². The van der Waals surface area contributed by atoms with Crippen LogP contribution in [-0.4, -0.2) is 51.9 Å². The molecule has 0 bridgehead atoms. The molecule has 0 aromatic rings. The van der Waals surface area contributed by atoms with Crippen LogP contribution in [0.4, 0.5) is 0 Å². The molecule has 1 unspecified atom stereocenters. The molecule has 0 saturated carbocycles. The standard InChI is InChI=1S/C7H5N3O2.Ag.Na.H/c11-6(12)7-4-2-1-3-5(7)8-10-9-7;;;/h1-4H,(H,11,12);;;. The number of hydrogen-bond donors (Lipinski definition) is 1. The van der Waals surface area contributed by atoms with Gasteiger partial charge in [-0.25, -0.2) is 4.79 Å². The molecule has 1 atom stereocenters. The Morgan fingerprint density at radius 1 is 1.43 bits per heavy atom. The van der Waals surface area contributed by atoms with Gasteiger partial charge in [-0.1, -0.05) is 12.2 Å². The van der Waals surface area contributed by atoms with Gasteiger partial charge in [0.05, 0.1) is 0 Å². The van der Waals surface area contributed by atoms with E-state index in [-0.39, 0.29) is 51.9 Å². The van der Waals surface area contributed by atoms with E-state index in [1.54, 1.807) is 18.2 Å². The Balaban J connectivity index is 0.000000845. The molecule has 5 nitrogen and oxygen atoms in total. The minimum absolute atomic E-state index is 0.